The van der Waals surface area contributed by atoms with Gasteiger partial charge in [-0.1, -0.05) is 18.2 Å². The van der Waals surface area contributed by atoms with Gasteiger partial charge >= 0.3 is 6.18 Å². The number of nitrogens with one attached hydrogen (secondary N) is 2. The van der Waals surface area contributed by atoms with Crippen LogP contribution >= 0.6 is 0 Å². The van der Waals surface area contributed by atoms with E-state index >= 15 is 0 Å². The summed E-state index contributed by atoms with van der Waals surface area (Å²) in [5, 5.41) is 5.23. The van der Waals surface area contributed by atoms with Crippen molar-refractivity contribution < 1.29 is 32.2 Å². The molecule has 2 aromatic carbocycles. The van der Waals surface area contributed by atoms with E-state index in [9.17, 15) is 22.8 Å². The molecular formula is C20H19F3N2O4. The summed E-state index contributed by atoms with van der Waals surface area (Å²) in [6.07, 6.45) is -3.55. The van der Waals surface area contributed by atoms with Crippen LogP contribution in [-0.2, 0) is 9.53 Å². The van der Waals surface area contributed by atoms with Gasteiger partial charge < -0.3 is 20.1 Å². The molecule has 1 unspecified atom stereocenters. The smallest absolute Gasteiger partial charge is 0.422 e. The zero-order valence-corrected chi connectivity index (χ0v) is 15.3. The highest BCUT2D eigenvalue weighted by Crippen LogP contribution is 2.27. The standard InChI is InChI=1S/C20H19F3N2O4/c21-20(22,23)12-29-16-8-2-1-7-15(16)25-18(26)13-5-3-6-14(11-13)24-19(27)17-9-4-10-28-17/h1-3,5-8,11,17H,4,9-10,12H2,(H,24,27)(H,25,26). The van der Waals surface area contributed by atoms with Gasteiger partial charge in [0.15, 0.2) is 6.61 Å². The van der Waals surface area contributed by atoms with E-state index in [1.54, 1.807) is 18.2 Å². The minimum atomic E-state index is -4.49. The molecule has 9 heteroatoms. The molecule has 2 amide bonds. The monoisotopic (exact) mass is 408 g/mol. The van der Waals surface area contributed by atoms with Crippen LogP contribution in [0.25, 0.3) is 0 Å². The Labute approximate surface area is 165 Å². The fourth-order valence-electron chi connectivity index (χ4n) is 2.80. The van der Waals surface area contributed by atoms with E-state index in [2.05, 4.69) is 10.6 Å². The number of carbonyl (C=O) groups excluding carboxylic acids is 2. The van der Waals surface area contributed by atoms with E-state index in [0.717, 1.165) is 6.42 Å². The Kier molecular flexibility index (Phi) is 6.38. The van der Waals surface area contributed by atoms with Crippen LogP contribution < -0.4 is 15.4 Å². The Morgan fingerprint density at radius 2 is 1.90 bits per heavy atom. The Hall–Kier alpha value is -3.07. The van der Waals surface area contributed by atoms with Gasteiger partial charge in [0.05, 0.1) is 5.69 Å². The fourth-order valence-corrected chi connectivity index (χ4v) is 2.80. The number of hydrogen-bond donors (Lipinski definition) is 2. The molecule has 0 aromatic heterocycles. The van der Waals surface area contributed by atoms with Crippen molar-refractivity contribution in [2.75, 3.05) is 23.8 Å². The minimum Gasteiger partial charge on any atom is -0.482 e. The zero-order chi connectivity index (χ0) is 20.9. The third kappa shape index (κ3) is 5.95. The minimum absolute atomic E-state index is 0.0963. The van der Waals surface area contributed by atoms with Crippen LogP contribution in [0.5, 0.6) is 5.75 Å². The average molecular weight is 408 g/mol. The van der Waals surface area contributed by atoms with Crippen molar-refractivity contribution in [1.82, 2.24) is 0 Å². The molecule has 0 radical (unpaired) electrons. The summed E-state index contributed by atoms with van der Waals surface area (Å²) < 4.78 is 47.3. The van der Waals surface area contributed by atoms with Crippen LogP contribution in [0.3, 0.4) is 0 Å². The number of para-hydroxylation sites is 2. The Morgan fingerprint density at radius 3 is 2.62 bits per heavy atom. The van der Waals surface area contributed by atoms with Crippen molar-refractivity contribution in [3.63, 3.8) is 0 Å². The Balaban J connectivity index is 1.67. The maximum Gasteiger partial charge on any atom is 0.422 e. The van der Waals surface area contributed by atoms with Crippen molar-refractivity contribution in [3.05, 3.63) is 54.1 Å². The molecule has 0 aliphatic carbocycles. The van der Waals surface area contributed by atoms with Gasteiger partial charge in [-0.25, -0.2) is 0 Å². The van der Waals surface area contributed by atoms with Gasteiger partial charge in [-0.2, -0.15) is 13.2 Å². The van der Waals surface area contributed by atoms with Gasteiger partial charge in [0.25, 0.3) is 11.8 Å². The number of ether oxygens (including phenoxy) is 2. The normalized spacial score (nSPS) is 16.3. The second-order valence-corrected chi connectivity index (χ2v) is 6.43. The van der Waals surface area contributed by atoms with Crippen LogP contribution in [0, 0.1) is 0 Å². The number of anilines is 2. The number of alkyl halides is 3. The van der Waals surface area contributed by atoms with Gasteiger partial charge in [0.2, 0.25) is 0 Å². The third-order valence-electron chi connectivity index (χ3n) is 4.14. The molecule has 29 heavy (non-hydrogen) atoms. The van der Waals surface area contributed by atoms with Crippen LogP contribution in [0.2, 0.25) is 0 Å². The van der Waals surface area contributed by atoms with Gasteiger partial charge in [-0.15, -0.1) is 0 Å². The topological polar surface area (TPSA) is 76.7 Å². The first kappa shape index (κ1) is 20.7. The van der Waals surface area contributed by atoms with Gasteiger partial charge in [0, 0.05) is 17.9 Å². The molecule has 1 fully saturated rings. The molecular weight excluding hydrogens is 389 g/mol. The van der Waals surface area contributed by atoms with Gasteiger partial charge in [-0.3, -0.25) is 9.59 Å². The first-order valence-electron chi connectivity index (χ1n) is 8.94. The molecule has 0 spiro atoms. The lowest BCUT2D eigenvalue weighted by Gasteiger charge is -2.14. The summed E-state index contributed by atoms with van der Waals surface area (Å²) in [6, 6.07) is 12.1. The van der Waals surface area contributed by atoms with Crippen molar-refractivity contribution >= 4 is 23.2 Å². The van der Waals surface area contributed by atoms with Crippen molar-refractivity contribution in [2.45, 2.75) is 25.1 Å². The highest BCUT2D eigenvalue weighted by Gasteiger charge is 2.29. The molecule has 0 bridgehead atoms. The summed E-state index contributed by atoms with van der Waals surface area (Å²) in [7, 11) is 0. The van der Waals surface area contributed by atoms with Crippen molar-refractivity contribution in [3.8, 4) is 5.75 Å². The summed E-state index contributed by atoms with van der Waals surface area (Å²) >= 11 is 0. The largest absolute Gasteiger partial charge is 0.482 e. The molecule has 1 saturated heterocycles. The lowest BCUT2D eigenvalue weighted by atomic mass is 10.1. The number of carbonyl (C=O) groups is 2. The van der Waals surface area contributed by atoms with Crippen LogP contribution in [0.15, 0.2) is 48.5 Å². The second-order valence-electron chi connectivity index (χ2n) is 6.43. The second kappa shape index (κ2) is 8.95. The fraction of sp³-hybridized carbons (Fsp3) is 0.300. The van der Waals surface area contributed by atoms with Gasteiger partial charge in [0.1, 0.15) is 11.9 Å². The van der Waals surface area contributed by atoms with Crippen molar-refractivity contribution in [1.29, 1.82) is 0 Å². The highest BCUT2D eigenvalue weighted by molar-refractivity contribution is 6.06. The molecule has 2 N–H and O–H groups in total. The molecule has 1 atom stereocenters. The van der Waals surface area contributed by atoms with E-state index in [4.69, 9.17) is 9.47 Å². The van der Waals surface area contributed by atoms with E-state index in [1.165, 1.54) is 30.3 Å². The Morgan fingerprint density at radius 1 is 1.10 bits per heavy atom. The molecule has 6 nitrogen and oxygen atoms in total. The molecule has 1 aliphatic heterocycles. The number of halogens is 3. The summed E-state index contributed by atoms with van der Waals surface area (Å²) in [4.78, 5) is 24.7. The van der Waals surface area contributed by atoms with E-state index in [-0.39, 0.29) is 22.9 Å². The first-order chi connectivity index (χ1) is 13.8. The predicted molar refractivity (Wildman–Crippen MR) is 100.0 cm³/mol. The number of rotatable bonds is 6. The van der Waals surface area contributed by atoms with Gasteiger partial charge in [-0.05, 0) is 43.2 Å². The molecule has 3 rings (SSSR count). The maximum absolute atomic E-state index is 12.5. The molecule has 1 aliphatic rings. The van der Waals surface area contributed by atoms with Crippen LogP contribution in [0.4, 0.5) is 24.5 Å². The van der Waals surface area contributed by atoms with E-state index in [1.807, 2.05) is 0 Å². The van der Waals surface area contributed by atoms with E-state index < -0.39 is 24.8 Å². The SMILES string of the molecule is O=C(Nc1ccccc1OCC(F)(F)F)c1cccc(NC(=O)C2CCCO2)c1. The molecule has 0 saturated carbocycles. The molecule has 154 valence electrons. The van der Waals surface area contributed by atoms with E-state index in [0.29, 0.717) is 18.7 Å². The highest BCUT2D eigenvalue weighted by atomic mass is 19.4. The molecule has 2 aromatic rings. The maximum atomic E-state index is 12.5. The predicted octanol–water partition coefficient (Wildman–Crippen LogP) is 4.00. The summed E-state index contributed by atoms with van der Waals surface area (Å²) in [5.74, 6) is -0.937. The summed E-state index contributed by atoms with van der Waals surface area (Å²) in [5.41, 5.74) is 0.746. The van der Waals surface area contributed by atoms with Crippen LogP contribution in [-0.4, -0.2) is 37.3 Å². The number of amides is 2. The third-order valence-corrected chi connectivity index (χ3v) is 4.14. The Bertz CT molecular complexity index is 880. The summed E-state index contributed by atoms with van der Waals surface area (Å²) in [6.45, 7) is -0.930. The van der Waals surface area contributed by atoms with Crippen molar-refractivity contribution in [2.24, 2.45) is 0 Å². The average Bonchev–Trinajstić information content (AvgIpc) is 3.22. The van der Waals surface area contributed by atoms with Crippen LogP contribution in [0.1, 0.15) is 23.2 Å². The number of benzene rings is 2. The number of hydrogen-bond acceptors (Lipinski definition) is 4. The lowest BCUT2D eigenvalue weighted by molar-refractivity contribution is -0.153. The zero-order valence-electron chi connectivity index (χ0n) is 15.3. The quantitative estimate of drug-likeness (QED) is 0.758. The molecule has 1 heterocycles. The lowest BCUT2D eigenvalue weighted by Crippen LogP contribution is -2.27. The first-order valence-corrected chi connectivity index (χ1v) is 8.94.